The molecule has 0 aliphatic carbocycles. The van der Waals surface area contributed by atoms with E-state index in [2.05, 4.69) is 4.74 Å². The van der Waals surface area contributed by atoms with Crippen LogP contribution in [0.1, 0.15) is 5.56 Å². The molecule has 0 aliphatic heterocycles. The Balaban J connectivity index is 2.72. The molecule has 0 aromatic heterocycles. The first kappa shape index (κ1) is 13.9. The fourth-order valence-corrected chi connectivity index (χ4v) is 2.01. The Morgan fingerprint density at radius 1 is 1.29 bits per heavy atom. The van der Waals surface area contributed by atoms with Crippen LogP contribution in [0.15, 0.2) is 30.3 Å². The van der Waals surface area contributed by atoms with Crippen molar-refractivity contribution in [3.63, 3.8) is 0 Å². The van der Waals surface area contributed by atoms with E-state index in [-0.39, 0.29) is 5.97 Å². The van der Waals surface area contributed by atoms with Gasteiger partial charge in [0.1, 0.15) is 12.0 Å². The number of benzene rings is 1. The molecule has 0 atom stereocenters. The summed E-state index contributed by atoms with van der Waals surface area (Å²) in [6, 6.07) is 7.40. The van der Waals surface area contributed by atoms with Crippen LogP contribution in [-0.2, 0) is 21.3 Å². The van der Waals surface area contributed by atoms with Crippen molar-refractivity contribution in [3.05, 3.63) is 35.9 Å². The van der Waals surface area contributed by atoms with Gasteiger partial charge in [0.25, 0.3) is 0 Å². The van der Waals surface area contributed by atoms with E-state index in [4.69, 9.17) is 16.3 Å². The van der Waals surface area contributed by atoms with Gasteiger partial charge in [0.2, 0.25) is 0 Å². The molecule has 1 rings (SSSR count). The Bertz CT molecular complexity index is 459. The predicted molar refractivity (Wildman–Crippen MR) is 74.3 cm³/mol. The number of carbonyl (C=O) groups excluding carboxylic acids is 1. The lowest BCUT2D eigenvalue weighted by Gasteiger charge is -2.13. The second kappa shape index (κ2) is 5.99. The van der Waals surface area contributed by atoms with Crippen molar-refractivity contribution in [2.45, 2.75) is 0 Å². The van der Waals surface area contributed by atoms with Crippen molar-refractivity contribution in [1.29, 1.82) is 0 Å². The average Bonchev–Trinajstić information content (AvgIpc) is 2.25. The first-order valence-corrected chi connectivity index (χ1v) is 8.63. The smallest absolute Gasteiger partial charge is 0.330 e. The van der Waals surface area contributed by atoms with Crippen LogP contribution in [-0.4, -0.2) is 26.4 Å². The Morgan fingerprint density at radius 2 is 1.88 bits per heavy atom. The first-order valence-electron chi connectivity index (χ1n) is 5.01. The van der Waals surface area contributed by atoms with Gasteiger partial charge in [0.15, 0.2) is 0 Å². The van der Waals surface area contributed by atoms with Crippen LogP contribution in [0.25, 0.3) is 6.08 Å². The minimum absolute atomic E-state index is 0.372. The highest BCUT2D eigenvalue weighted by Gasteiger charge is 2.03. The monoisotopic (exact) mass is 270 g/mol. The van der Waals surface area contributed by atoms with Crippen LogP contribution in [0, 0.1) is 0 Å². The maximum atomic E-state index is 10.9. The summed E-state index contributed by atoms with van der Waals surface area (Å²) in [5.74, 6) is 0.386. The predicted octanol–water partition coefficient (Wildman–Crippen LogP) is 2.91. The van der Waals surface area contributed by atoms with E-state index >= 15 is 0 Å². The van der Waals surface area contributed by atoms with Crippen LogP contribution in [0.5, 0.6) is 5.75 Å². The molecule has 0 amide bonds. The molecule has 0 aliphatic rings. The molecule has 0 saturated heterocycles. The van der Waals surface area contributed by atoms with E-state index in [0.717, 1.165) is 11.3 Å². The third-order valence-electron chi connectivity index (χ3n) is 1.82. The number of hydrogen-bond acceptors (Lipinski definition) is 4. The third-order valence-corrected chi connectivity index (χ3v) is 2.69. The summed E-state index contributed by atoms with van der Waals surface area (Å²) in [5, 5.41) is 0. The molecule has 0 unspecified atom stereocenters. The number of methoxy groups -OCH3 is 1. The van der Waals surface area contributed by atoms with Gasteiger partial charge in [-0.15, -0.1) is 0 Å². The molecule has 0 saturated carbocycles. The number of ether oxygens (including phenoxy) is 1. The lowest BCUT2D eigenvalue weighted by molar-refractivity contribution is -0.134. The van der Waals surface area contributed by atoms with Crippen LogP contribution >= 0.6 is 6.26 Å². The normalized spacial score (nSPS) is 11.5. The van der Waals surface area contributed by atoms with E-state index < -0.39 is 6.26 Å². The van der Waals surface area contributed by atoms with Gasteiger partial charge in [0, 0.05) is 6.08 Å². The highest BCUT2D eigenvalue weighted by molar-refractivity contribution is 8.11. The molecule has 1 aromatic carbocycles. The summed E-state index contributed by atoms with van der Waals surface area (Å²) >= 11 is 5.21. The Hall–Kier alpha value is -1.12. The van der Waals surface area contributed by atoms with Gasteiger partial charge < -0.3 is 9.26 Å². The minimum atomic E-state index is -1.70. The maximum Gasteiger partial charge on any atom is 0.330 e. The number of carbonyl (C=O) groups is 1. The van der Waals surface area contributed by atoms with E-state index in [1.165, 1.54) is 13.2 Å². The Morgan fingerprint density at radius 3 is 2.35 bits per heavy atom. The topological polar surface area (TPSA) is 35.5 Å². The van der Waals surface area contributed by atoms with Crippen LogP contribution in [0.3, 0.4) is 0 Å². The second-order valence-electron chi connectivity index (χ2n) is 3.77. The van der Waals surface area contributed by atoms with Gasteiger partial charge in [0.05, 0.1) is 7.11 Å². The fraction of sp³-hybridized carbons (Fsp3) is 0.250. The lowest BCUT2D eigenvalue weighted by Crippen LogP contribution is -1.93. The molecule has 0 heterocycles. The average molecular weight is 270 g/mol. The first-order chi connectivity index (χ1) is 7.90. The summed E-state index contributed by atoms with van der Waals surface area (Å²) in [6.07, 6.45) is 1.36. The third kappa shape index (κ3) is 5.66. The van der Waals surface area contributed by atoms with Crippen molar-refractivity contribution in [1.82, 2.24) is 0 Å². The van der Waals surface area contributed by atoms with Crippen LogP contribution in [0.4, 0.5) is 0 Å². The summed E-state index contributed by atoms with van der Waals surface area (Å²) in [7, 11) is 1.35. The van der Waals surface area contributed by atoms with E-state index in [1.807, 2.05) is 37.6 Å². The molecular weight excluding hydrogens is 255 g/mol. The van der Waals surface area contributed by atoms with Crippen LogP contribution < -0.4 is 4.52 Å². The molecular formula is C12H15O3PS. The fourth-order valence-electron chi connectivity index (χ4n) is 1.13. The van der Waals surface area contributed by atoms with Gasteiger partial charge in [-0.2, -0.15) is 0 Å². The Labute approximate surface area is 107 Å². The summed E-state index contributed by atoms with van der Waals surface area (Å²) < 4.78 is 10.1. The molecule has 3 nitrogen and oxygen atoms in total. The largest absolute Gasteiger partial charge is 0.467 e. The number of esters is 1. The molecule has 5 heteroatoms. The highest BCUT2D eigenvalue weighted by atomic mass is 32.4. The zero-order valence-electron chi connectivity index (χ0n) is 10.0. The van der Waals surface area contributed by atoms with Gasteiger partial charge in [-0.1, -0.05) is 23.9 Å². The SMILES string of the molecule is COC(=O)/C=C/c1ccc(OP(C)(C)=S)cc1. The van der Waals surface area contributed by atoms with Crippen LogP contribution in [0.2, 0.25) is 0 Å². The Kier molecular flexibility index (Phi) is 4.91. The lowest BCUT2D eigenvalue weighted by atomic mass is 10.2. The van der Waals surface area contributed by atoms with Crippen molar-refractivity contribution in [3.8, 4) is 5.75 Å². The van der Waals surface area contributed by atoms with Crippen molar-refractivity contribution in [2.75, 3.05) is 20.4 Å². The molecule has 0 fully saturated rings. The molecule has 0 radical (unpaired) electrons. The van der Waals surface area contributed by atoms with Gasteiger partial charge in [-0.3, -0.25) is 0 Å². The summed E-state index contributed by atoms with van der Waals surface area (Å²) in [4.78, 5) is 10.9. The molecule has 0 spiro atoms. The molecule has 0 N–H and O–H groups in total. The number of hydrogen-bond donors (Lipinski definition) is 0. The zero-order chi connectivity index (χ0) is 12.9. The quantitative estimate of drug-likeness (QED) is 0.479. The van der Waals surface area contributed by atoms with Crippen molar-refractivity contribution in [2.24, 2.45) is 0 Å². The van der Waals surface area contributed by atoms with Crippen molar-refractivity contribution < 1.29 is 14.1 Å². The summed E-state index contributed by atoms with van der Waals surface area (Å²) in [6.45, 7) is 3.85. The van der Waals surface area contributed by atoms with Gasteiger partial charge >= 0.3 is 5.97 Å². The summed E-state index contributed by atoms with van der Waals surface area (Å²) in [5.41, 5.74) is 0.906. The van der Waals surface area contributed by atoms with E-state index in [0.29, 0.717) is 0 Å². The van der Waals surface area contributed by atoms with E-state index in [9.17, 15) is 4.79 Å². The van der Waals surface area contributed by atoms with Crippen molar-refractivity contribution >= 4 is 30.1 Å². The minimum Gasteiger partial charge on any atom is -0.467 e. The van der Waals surface area contributed by atoms with Gasteiger partial charge in [-0.25, -0.2) is 4.79 Å². The highest BCUT2D eigenvalue weighted by Crippen LogP contribution is 2.38. The molecule has 92 valence electrons. The second-order valence-corrected chi connectivity index (χ2v) is 9.09. The van der Waals surface area contributed by atoms with E-state index in [1.54, 1.807) is 6.08 Å². The molecule has 1 aromatic rings. The molecule has 17 heavy (non-hydrogen) atoms. The maximum absolute atomic E-state index is 10.9. The number of rotatable bonds is 4. The van der Waals surface area contributed by atoms with Gasteiger partial charge in [-0.05, 0) is 37.1 Å². The molecule has 0 bridgehead atoms. The zero-order valence-corrected chi connectivity index (χ0v) is 11.8. The standard InChI is InChI=1S/C12H15O3PS/c1-14-12(13)9-6-10-4-7-11(8-5-10)15-16(2,3)17/h4-9H,1-3H3/b9-6+.